The Hall–Kier alpha value is -2.26. The number of aromatic nitrogens is 1. The number of benzene rings is 2. The summed E-state index contributed by atoms with van der Waals surface area (Å²) in [5.74, 6) is 0.837. The third kappa shape index (κ3) is 2.92. The van der Waals surface area contributed by atoms with E-state index in [9.17, 15) is 0 Å². The van der Waals surface area contributed by atoms with Gasteiger partial charge in [-0.3, -0.25) is 4.90 Å². The molecule has 0 bridgehead atoms. The molecule has 3 aromatic rings. The molecule has 1 aromatic heterocycles. The van der Waals surface area contributed by atoms with E-state index >= 15 is 0 Å². The number of aromatic amines is 1. The highest BCUT2D eigenvalue weighted by Gasteiger charge is 2.30. The van der Waals surface area contributed by atoms with Gasteiger partial charge in [0.25, 0.3) is 0 Å². The summed E-state index contributed by atoms with van der Waals surface area (Å²) < 4.78 is 5.97. The van der Waals surface area contributed by atoms with Crippen LogP contribution in [-0.2, 0) is 0 Å². The van der Waals surface area contributed by atoms with E-state index in [1.165, 1.54) is 29.3 Å². The molecular formula is C21H23N2O. The van der Waals surface area contributed by atoms with Crippen molar-refractivity contribution in [2.75, 3.05) is 13.2 Å². The van der Waals surface area contributed by atoms with Crippen LogP contribution in [0.5, 0.6) is 5.75 Å². The predicted octanol–water partition coefficient (Wildman–Crippen LogP) is 4.57. The zero-order valence-electron chi connectivity index (χ0n) is 14.0. The van der Waals surface area contributed by atoms with Crippen LogP contribution in [0, 0.1) is 6.07 Å². The van der Waals surface area contributed by atoms with E-state index in [0.29, 0.717) is 12.1 Å². The highest BCUT2D eigenvalue weighted by Crippen LogP contribution is 2.33. The lowest BCUT2D eigenvalue weighted by atomic mass is 10.0. The van der Waals surface area contributed by atoms with Gasteiger partial charge in [0.05, 0.1) is 0 Å². The fourth-order valence-corrected chi connectivity index (χ4v) is 3.82. The number of hydrogen-bond acceptors (Lipinski definition) is 2. The van der Waals surface area contributed by atoms with E-state index in [-0.39, 0.29) is 0 Å². The molecule has 1 saturated heterocycles. The van der Waals surface area contributed by atoms with Crippen LogP contribution in [0.2, 0.25) is 0 Å². The van der Waals surface area contributed by atoms with Crippen LogP contribution in [0.15, 0.2) is 54.7 Å². The van der Waals surface area contributed by atoms with Gasteiger partial charge in [-0.15, -0.1) is 0 Å². The lowest BCUT2D eigenvalue weighted by Crippen LogP contribution is -2.36. The number of nitrogens with one attached hydrogen (secondary N) is 1. The van der Waals surface area contributed by atoms with Crippen molar-refractivity contribution < 1.29 is 4.74 Å². The largest absolute Gasteiger partial charge is 0.491 e. The maximum atomic E-state index is 5.97. The van der Waals surface area contributed by atoms with Crippen LogP contribution in [0.25, 0.3) is 10.9 Å². The average Bonchev–Trinajstić information content (AvgIpc) is 3.27. The number of fused-ring (bicyclic) bond motifs is 1. The number of hydrogen-bond donors (Lipinski definition) is 1. The number of para-hydroxylation sites is 2. The molecule has 0 saturated carbocycles. The number of nitrogens with zero attached hydrogens (tertiary/aromatic N) is 1. The Labute approximate surface area is 143 Å². The summed E-state index contributed by atoms with van der Waals surface area (Å²) in [5.41, 5.74) is 2.59. The molecule has 1 unspecified atom stereocenters. The Balaban J connectivity index is 1.49. The molecule has 3 heteroatoms. The van der Waals surface area contributed by atoms with Crippen molar-refractivity contribution in [2.24, 2.45) is 0 Å². The lowest BCUT2D eigenvalue weighted by Gasteiger charge is -2.30. The molecule has 1 radical (unpaired) electrons. The third-order valence-electron chi connectivity index (χ3n) is 5.10. The predicted molar refractivity (Wildman–Crippen MR) is 97.2 cm³/mol. The van der Waals surface area contributed by atoms with Gasteiger partial charge < -0.3 is 9.72 Å². The molecule has 1 N–H and O–H groups in total. The zero-order chi connectivity index (χ0) is 16.4. The van der Waals surface area contributed by atoms with Crippen LogP contribution in [0.4, 0.5) is 0 Å². The maximum Gasteiger partial charge on any atom is 0.127 e. The van der Waals surface area contributed by atoms with Crippen molar-refractivity contribution in [3.8, 4) is 5.75 Å². The van der Waals surface area contributed by atoms with Crippen molar-refractivity contribution in [3.05, 3.63) is 66.4 Å². The monoisotopic (exact) mass is 319 g/mol. The molecule has 2 heterocycles. The molecule has 1 aliphatic rings. The van der Waals surface area contributed by atoms with Gasteiger partial charge in [0.15, 0.2) is 0 Å². The Morgan fingerprint density at radius 3 is 3.00 bits per heavy atom. The van der Waals surface area contributed by atoms with Gasteiger partial charge in [0.1, 0.15) is 12.4 Å². The third-order valence-corrected chi connectivity index (χ3v) is 5.10. The molecule has 3 nitrogen and oxygen atoms in total. The number of ether oxygens (including phenoxy) is 1. The van der Waals surface area contributed by atoms with Crippen molar-refractivity contribution in [2.45, 2.75) is 31.8 Å². The van der Waals surface area contributed by atoms with Crippen molar-refractivity contribution in [1.29, 1.82) is 0 Å². The summed E-state index contributed by atoms with van der Waals surface area (Å²) in [4.78, 5) is 5.98. The molecule has 1 fully saturated rings. The Bertz CT molecular complexity index is 796. The molecule has 0 spiro atoms. The number of H-pyrrole nitrogens is 1. The van der Waals surface area contributed by atoms with Gasteiger partial charge >= 0.3 is 0 Å². The van der Waals surface area contributed by atoms with E-state index in [4.69, 9.17) is 4.74 Å². The van der Waals surface area contributed by atoms with Gasteiger partial charge in [-0.1, -0.05) is 36.4 Å². The summed E-state index contributed by atoms with van der Waals surface area (Å²) in [6.45, 7) is 4.17. The second kappa shape index (κ2) is 6.70. The molecule has 2 aromatic carbocycles. The van der Waals surface area contributed by atoms with Gasteiger partial charge in [0, 0.05) is 35.2 Å². The van der Waals surface area contributed by atoms with Crippen molar-refractivity contribution >= 4 is 10.9 Å². The van der Waals surface area contributed by atoms with Crippen molar-refractivity contribution in [3.63, 3.8) is 0 Å². The summed E-state index contributed by atoms with van der Waals surface area (Å²) >= 11 is 0. The van der Waals surface area contributed by atoms with E-state index < -0.39 is 0 Å². The fourth-order valence-electron chi connectivity index (χ4n) is 3.82. The van der Waals surface area contributed by atoms with Crippen LogP contribution in [0.1, 0.15) is 31.4 Å². The first-order valence-corrected chi connectivity index (χ1v) is 8.74. The summed E-state index contributed by atoms with van der Waals surface area (Å²) in [7, 11) is 0. The molecular weight excluding hydrogens is 296 g/mol. The van der Waals surface area contributed by atoms with Gasteiger partial charge in [-0.05, 0) is 44.0 Å². The molecule has 4 rings (SSSR count). The topological polar surface area (TPSA) is 28.3 Å². The van der Waals surface area contributed by atoms with Gasteiger partial charge in [0.2, 0.25) is 0 Å². The quantitative estimate of drug-likeness (QED) is 0.746. The Morgan fingerprint density at radius 1 is 1.25 bits per heavy atom. The van der Waals surface area contributed by atoms with Crippen LogP contribution in [0.3, 0.4) is 0 Å². The molecule has 2 atom stereocenters. The summed E-state index contributed by atoms with van der Waals surface area (Å²) in [6.07, 6.45) is 4.59. The molecule has 1 aliphatic heterocycles. The summed E-state index contributed by atoms with van der Waals surface area (Å²) in [6, 6.07) is 20.4. The maximum absolute atomic E-state index is 5.97. The first kappa shape index (κ1) is 15.3. The van der Waals surface area contributed by atoms with Gasteiger partial charge in [-0.2, -0.15) is 0 Å². The fraction of sp³-hybridized carbons (Fsp3) is 0.333. The number of likely N-dealkylation sites (tertiary alicyclic amines) is 1. The lowest BCUT2D eigenvalue weighted by molar-refractivity contribution is 0.137. The smallest absolute Gasteiger partial charge is 0.127 e. The van der Waals surface area contributed by atoms with Crippen LogP contribution >= 0.6 is 0 Å². The van der Waals surface area contributed by atoms with E-state index in [2.05, 4.69) is 53.3 Å². The second-order valence-electron chi connectivity index (χ2n) is 6.54. The van der Waals surface area contributed by atoms with Crippen LogP contribution in [-0.4, -0.2) is 29.1 Å². The first-order chi connectivity index (χ1) is 11.8. The highest BCUT2D eigenvalue weighted by molar-refractivity contribution is 5.83. The van der Waals surface area contributed by atoms with E-state index in [1.807, 2.05) is 24.3 Å². The van der Waals surface area contributed by atoms with Gasteiger partial charge in [-0.25, -0.2) is 0 Å². The molecule has 0 amide bonds. The second-order valence-corrected chi connectivity index (χ2v) is 6.54. The minimum Gasteiger partial charge on any atom is -0.491 e. The highest BCUT2D eigenvalue weighted by atomic mass is 16.5. The minimum atomic E-state index is 0.386. The molecule has 123 valence electrons. The van der Waals surface area contributed by atoms with Crippen LogP contribution < -0.4 is 4.74 Å². The number of rotatable bonds is 5. The Morgan fingerprint density at radius 2 is 2.12 bits per heavy atom. The van der Waals surface area contributed by atoms with E-state index in [0.717, 1.165) is 18.9 Å². The molecule has 24 heavy (non-hydrogen) atoms. The minimum absolute atomic E-state index is 0.386. The standard InChI is InChI=1S/C21H23N2O/c1-16(20-14-22-21-12-6-5-11-19(20)21)23-13-7-8-17(23)15-24-18-9-3-2-4-10-18/h2-6,9,11-12,14,16-17,22H,7-8,13,15H2,1H3/t16?,17-/m0/s1. The Kier molecular flexibility index (Phi) is 4.26. The average molecular weight is 319 g/mol. The normalized spacial score (nSPS) is 19.6. The summed E-state index contributed by atoms with van der Waals surface area (Å²) in [5, 5.41) is 1.33. The zero-order valence-corrected chi connectivity index (χ0v) is 14.0. The van der Waals surface area contributed by atoms with Crippen molar-refractivity contribution in [1.82, 2.24) is 9.88 Å². The van der Waals surface area contributed by atoms with E-state index in [1.54, 1.807) is 0 Å². The molecule has 0 aliphatic carbocycles. The SMILES string of the molecule is CC(c1c[nH]c2ccccc12)N1CCC[C@H]1COc1[c]cccc1. The first-order valence-electron chi connectivity index (χ1n) is 8.74.